The van der Waals surface area contributed by atoms with Gasteiger partial charge in [0, 0.05) is 5.56 Å². The lowest BCUT2D eigenvalue weighted by Gasteiger charge is -2.15. The maximum absolute atomic E-state index is 13.6. The maximum Gasteiger partial charge on any atom is 0.148 e. The van der Waals surface area contributed by atoms with Crippen LogP contribution in [0.1, 0.15) is 29.7 Å². The molecule has 0 aliphatic rings. The monoisotopic (exact) mass is 289 g/mol. The number of hydrogen-bond donors (Lipinski definition) is 1. The number of aliphatic hydroxyl groups is 1. The number of aryl methyl sites for hydroxylation is 1. The molecule has 0 fully saturated rings. The molecule has 0 spiro atoms. The topological polar surface area (TPSA) is 53.2 Å². The molecule has 0 saturated heterocycles. The molecule has 0 radical (unpaired) electrons. The molecule has 2 rings (SSSR count). The van der Waals surface area contributed by atoms with E-state index in [4.69, 9.17) is 10.00 Å². The zero-order valence-electron chi connectivity index (χ0n) is 11.5. The Morgan fingerprint density at radius 2 is 1.90 bits per heavy atom. The second kappa shape index (κ2) is 5.90. The van der Waals surface area contributed by atoms with Crippen LogP contribution in [0, 0.1) is 29.9 Å². The van der Waals surface area contributed by atoms with Crippen molar-refractivity contribution in [2.75, 3.05) is 0 Å². The van der Waals surface area contributed by atoms with Crippen LogP contribution in [-0.4, -0.2) is 5.11 Å². The van der Waals surface area contributed by atoms with Gasteiger partial charge in [0.05, 0.1) is 6.10 Å². The fraction of sp³-hybridized carbons (Fsp3) is 0.188. The van der Waals surface area contributed by atoms with Crippen molar-refractivity contribution < 1.29 is 18.6 Å². The highest BCUT2D eigenvalue weighted by molar-refractivity contribution is 5.48. The number of benzene rings is 2. The molecule has 0 aliphatic carbocycles. The normalized spacial score (nSPS) is 11.8. The molecule has 0 unspecified atom stereocenters. The quantitative estimate of drug-likeness (QED) is 0.929. The molecule has 0 amide bonds. The largest absolute Gasteiger partial charge is 0.455 e. The predicted octanol–water partition coefficient (Wildman–Crippen LogP) is 3.99. The van der Waals surface area contributed by atoms with Crippen molar-refractivity contribution in [1.29, 1.82) is 5.26 Å². The van der Waals surface area contributed by atoms with Crippen LogP contribution in [0.25, 0.3) is 0 Å². The van der Waals surface area contributed by atoms with Gasteiger partial charge in [-0.2, -0.15) is 5.26 Å². The maximum atomic E-state index is 13.6. The number of hydrogen-bond acceptors (Lipinski definition) is 3. The van der Waals surface area contributed by atoms with Gasteiger partial charge in [-0.25, -0.2) is 8.78 Å². The van der Waals surface area contributed by atoms with E-state index in [1.165, 1.54) is 31.2 Å². The first-order valence-corrected chi connectivity index (χ1v) is 6.28. The molecular weight excluding hydrogens is 276 g/mol. The smallest absolute Gasteiger partial charge is 0.148 e. The summed E-state index contributed by atoms with van der Waals surface area (Å²) in [6.45, 7) is 3.01. The van der Waals surface area contributed by atoms with Crippen LogP contribution in [0.2, 0.25) is 0 Å². The van der Waals surface area contributed by atoms with E-state index in [2.05, 4.69) is 0 Å². The van der Waals surface area contributed by atoms with Crippen LogP contribution in [0.3, 0.4) is 0 Å². The van der Waals surface area contributed by atoms with Gasteiger partial charge in [-0.05, 0) is 43.7 Å². The molecule has 2 aromatic rings. The van der Waals surface area contributed by atoms with E-state index in [1.54, 1.807) is 13.0 Å². The van der Waals surface area contributed by atoms with E-state index in [0.29, 0.717) is 5.56 Å². The standard InChI is InChI=1S/C16H13F2NO2/c1-9-6-16(11(10(2)20)7-14(9)18)21-15-5-3-4-13(17)12(15)8-19/h3-7,10,20H,1-2H3/t10-/m0/s1. The Labute approximate surface area is 121 Å². The molecule has 0 saturated carbocycles. The van der Waals surface area contributed by atoms with Gasteiger partial charge in [0.2, 0.25) is 0 Å². The fourth-order valence-corrected chi connectivity index (χ4v) is 1.90. The molecule has 21 heavy (non-hydrogen) atoms. The van der Waals surface area contributed by atoms with Crippen molar-refractivity contribution in [3.05, 3.63) is 58.7 Å². The highest BCUT2D eigenvalue weighted by Gasteiger charge is 2.16. The summed E-state index contributed by atoms with van der Waals surface area (Å²) < 4.78 is 32.7. The van der Waals surface area contributed by atoms with Gasteiger partial charge in [0.1, 0.15) is 34.8 Å². The van der Waals surface area contributed by atoms with E-state index in [0.717, 1.165) is 6.07 Å². The summed E-state index contributed by atoms with van der Waals surface area (Å²) in [5, 5.41) is 18.7. The molecule has 1 N–H and O–H groups in total. The average molecular weight is 289 g/mol. The van der Waals surface area contributed by atoms with Crippen molar-refractivity contribution in [2.45, 2.75) is 20.0 Å². The summed E-state index contributed by atoms with van der Waals surface area (Å²) in [5.74, 6) is -0.971. The Morgan fingerprint density at radius 1 is 1.19 bits per heavy atom. The zero-order chi connectivity index (χ0) is 15.6. The van der Waals surface area contributed by atoms with Crippen molar-refractivity contribution in [3.63, 3.8) is 0 Å². The number of aliphatic hydroxyl groups excluding tert-OH is 1. The van der Waals surface area contributed by atoms with Crippen molar-refractivity contribution in [3.8, 4) is 17.6 Å². The highest BCUT2D eigenvalue weighted by Crippen LogP contribution is 2.33. The minimum Gasteiger partial charge on any atom is -0.455 e. The third-order valence-corrected chi connectivity index (χ3v) is 3.05. The lowest BCUT2D eigenvalue weighted by Crippen LogP contribution is -2.00. The summed E-state index contributed by atoms with van der Waals surface area (Å²) in [6.07, 6.45) is -0.964. The SMILES string of the molecule is Cc1cc(Oc2cccc(F)c2C#N)c([C@H](C)O)cc1F. The highest BCUT2D eigenvalue weighted by atomic mass is 19.1. The lowest BCUT2D eigenvalue weighted by molar-refractivity contribution is 0.195. The fourth-order valence-electron chi connectivity index (χ4n) is 1.90. The van der Waals surface area contributed by atoms with Crippen LogP contribution in [0.4, 0.5) is 8.78 Å². The Hall–Kier alpha value is -2.45. The number of halogens is 2. The van der Waals surface area contributed by atoms with Crippen molar-refractivity contribution in [1.82, 2.24) is 0 Å². The van der Waals surface area contributed by atoms with E-state index >= 15 is 0 Å². The Balaban J connectivity index is 2.52. The summed E-state index contributed by atoms with van der Waals surface area (Å²) >= 11 is 0. The average Bonchev–Trinajstić information content (AvgIpc) is 2.42. The molecule has 2 aromatic carbocycles. The lowest BCUT2D eigenvalue weighted by atomic mass is 10.1. The van der Waals surface area contributed by atoms with Crippen LogP contribution < -0.4 is 4.74 Å². The third kappa shape index (κ3) is 3.01. The van der Waals surface area contributed by atoms with Crippen LogP contribution in [-0.2, 0) is 0 Å². The molecule has 0 bridgehead atoms. The van der Waals surface area contributed by atoms with Gasteiger partial charge < -0.3 is 9.84 Å². The van der Waals surface area contributed by atoms with E-state index in [9.17, 15) is 13.9 Å². The molecule has 5 heteroatoms. The molecule has 0 aromatic heterocycles. The molecule has 0 heterocycles. The van der Waals surface area contributed by atoms with Crippen LogP contribution in [0.5, 0.6) is 11.5 Å². The van der Waals surface area contributed by atoms with Crippen LogP contribution in [0.15, 0.2) is 30.3 Å². The Bertz CT molecular complexity index is 721. The van der Waals surface area contributed by atoms with E-state index in [-0.39, 0.29) is 22.6 Å². The molecule has 3 nitrogen and oxygen atoms in total. The van der Waals surface area contributed by atoms with E-state index in [1.807, 2.05) is 0 Å². The number of nitrogens with zero attached hydrogens (tertiary/aromatic N) is 1. The summed E-state index contributed by atoms with van der Waals surface area (Å²) in [5.41, 5.74) is 0.312. The van der Waals surface area contributed by atoms with E-state index < -0.39 is 17.7 Å². The Morgan fingerprint density at radius 3 is 2.52 bits per heavy atom. The Kier molecular flexibility index (Phi) is 4.20. The summed E-state index contributed by atoms with van der Waals surface area (Å²) in [4.78, 5) is 0. The van der Waals surface area contributed by atoms with Gasteiger partial charge in [-0.1, -0.05) is 6.07 Å². The van der Waals surface area contributed by atoms with Crippen molar-refractivity contribution >= 4 is 0 Å². The summed E-state index contributed by atoms with van der Waals surface area (Å²) in [6, 6.07) is 8.29. The van der Waals surface area contributed by atoms with Crippen LogP contribution >= 0.6 is 0 Å². The first kappa shape index (κ1) is 14.9. The minimum atomic E-state index is -0.964. The minimum absolute atomic E-state index is 0.0189. The first-order valence-electron chi connectivity index (χ1n) is 6.28. The second-order valence-corrected chi connectivity index (χ2v) is 4.64. The third-order valence-electron chi connectivity index (χ3n) is 3.05. The predicted molar refractivity (Wildman–Crippen MR) is 73.0 cm³/mol. The van der Waals surface area contributed by atoms with Gasteiger partial charge in [0.15, 0.2) is 0 Å². The van der Waals surface area contributed by atoms with Crippen molar-refractivity contribution in [2.24, 2.45) is 0 Å². The molecular formula is C16H13F2NO2. The second-order valence-electron chi connectivity index (χ2n) is 4.64. The number of nitriles is 1. The number of ether oxygens (including phenoxy) is 1. The first-order chi connectivity index (χ1) is 9.93. The molecule has 108 valence electrons. The van der Waals surface area contributed by atoms with Gasteiger partial charge in [-0.15, -0.1) is 0 Å². The molecule has 0 aliphatic heterocycles. The summed E-state index contributed by atoms with van der Waals surface area (Å²) in [7, 11) is 0. The van der Waals surface area contributed by atoms with Gasteiger partial charge in [0.25, 0.3) is 0 Å². The molecule has 1 atom stereocenters. The van der Waals surface area contributed by atoms with Gasteiger partial charge in [-0.3, -0.25) is 0 Å². The zero-order valence-corrected chi connectivity index (χ0v) is 11.5. The number of rotatable bonds is 3. The van der Waals surface area contributed by atoms with Gasteiger partial charge >= 0.3 is 0 Å².